The molecule has 0 spiro atoms. The Bertz CT molecular complexity index is 1110. The van der Waals surface area contributed by atoms with Crippen LogP contribution in [0.1, 0.15) is 21.9 Å². The zero-order chi connectivity index (χ0) is 22.5. The van der Waals surface area contributed by atoms with Crippen LogP contribution in [0.15, 0.2) is 65.1 Å². The Kier molecular flexibility index (Phi) is 7.17. The van der Waals surface area contributed by atoms with Gasteiger partial charge in [0.2, 0.25) is 0 Å². The van der Waals surface area contributed by atoms with Gasteiger partial charge in [0.1, 0.15) is 11.5 Å². The molecule has 1 aliphatic heterocycles. The summed E-state index contributed by atoms with van der Waals surface area (Å²) in [5, 5.41) is 0.622. The number of carbonyl (C=O) groups is 1. The Morgan fingerprint density at radius 2 is 1.81 bits per heavy atom. The second-order valence-corrected chi connectivity index (χ2v) is 9.50. The molecule has 0 unspecified atom stereocenters. The van der Waals surface area contributed by atoms with E-state index in [-0.39, 0.29) is 17.4 Å². The number of rotatable bonds is 7. The lowest BCUT2D eigenvalue weighted by atomic mass is 10.2. The monoisotopic (exact) mass is 472 g/mol. The first-order valence-corrected chi connectivity index (χ1v) is 12.2. The molecule has 1 saturated heterocycles. The Balaban J connectivity index is 1.31. The molecule has 2 aromatic carbocycles. The molecule has 0 bridgehead atoms. The molecule has 168 valence electrons. The van der Waals surface area contributed by atoms with E-state index in [9.17, 15) is 9.00 Å². The van der Waals surface area contributed by atoms with Crippen LogP contribution in [0.2, 0.25) is 5.02 Å². The van der Waals surface area contributed by atoms with Crippen molar-refractivity contribution in [3.8, 4) is 5.75 Å². The number of benzene rings is 2. The van der Waals surface area contributed by atoms with Crippen LogP contribution >= 0.6 is 11.6 Å². The summed E-state index contributed by atoms with van der Waals surface area (Å²) in [5.74, 6) is 2.15. The summed E-state index contributed by atoms with van der Waals surface area (Å²) in [5.41, 5.74) is 1.99. The van der Waals surface area contributed by atoms with Crippen molar-refractivity contribution in [3.05, 3.63) is 82.8 Å². The van der Waals surface area contributed by atoms with Crippen molar-refractivity contribution in [1.82, 2.24) is 4.90 Å². The summed E-state index contributed by atoms with van der Waals surface area (Å²) in [7, 11) is 0.495. The second kappa shape index (κ2) is 10.2. The summed E-state index contributed by atoms with van der Waals surface area (Å²) >= 11 is 5.99. The maximum atomic E-state index is 12.9. The molecule has 3 aromatic rings. The van der Waals surface area contributed by atoms with Crippen molar-refractivity contribution in [2.45, 2.75) is 11.5 Å². The standard InChI is InChI=1S/C24H25ClN2O4S/c1-30-21-7-3-6-20(15-21)26-10-12-27(13-11-26)24(28)23-9-8-22(31-23)17-32(29)16-18-4-2-5-19(25)14-18/h2-9,14-15H,10-13,16-17H2,1H3/t32-/m0/s1. The number of piperazine rings is 1. The van der Waals surface area contributed by atoms with Gasteiger partial charge in [-0.2, -0.15) is 0 Å². The van der Waals surface area contributed by atoms with Gasteiger partial charge >= 0.3 is 0 Å². The number of anilines is 1. The van der Waals surface area contributed by atoms with E-state index < -0.39 is 10.8 Å². The molecule has 1 aromatic heterocycles. The summed E-state index contributed by atoms with van der Waals surface area (Å²) in [6, 6.07) is 18.7. The Morgan fingerprint density at radius 1 is 1.03 bits per heavy atom. The molecule has 2 heterocycles. The van der Waals surface area contributed by atoms with Gasteiger partial charge in [-0.05, 0) is 42.0 Å². The first-order valence-electron chi connectivity index (χ1n) is 10.4. The minimum atomic E-state index is -1.16. The maximum Gasteiger partial charge on any atom is 0.289 e. The predicted octanol–water partition coefficient (Wildman–Crippen LogP) is 4.35. The SMILES string of the molecule is COc1cccc(N2CCN(C(=O)c3ccc(C[S@@](=O)Cc4cccc(Cl)c4)o3)CC2)c1. The van der Waals surface area contributed by atoms with Crippen LogP contribution in [-0.4, -0.2) is 48.3 Å². The van der Waals surface area contributed by atoms with E-state index in [1.807, 2.05) is 42.5 Å². The Labute approximate surface area is 195 Å². The van der Waals surface area contributed by atoms with E-state index in [1.54, 1.807) is 30.2 Å². The third-order valence-electron chi connectivity index (χ3n) is 5.38. The minimum Gasteiger partial charge on any atom is -0.497 e. The van der Waals surface area contributed by atoms with Crippen LogP contribution in [0, 0.1) is 0 Å². The quantitative estimate of drug-likeness (QED) is 0.511. The van der Waals surface area contributed by atoms with E-state index in [4.69, 9.17) is 20.8 Å². The fourth-order valence-corrected chi connectivity index (χ4v) is 5.06. The molecule has 6 nitrogen and oxygen atoms in total. The number of hydrogen-bond donors (Lipinski definition) is 0. The highest BCUT2D eigenvalue weighted by Gasteiger charge is 2.25. The van der Waals surface area contributed by atoms with Gasteiger partial charge in [0.25, 0.3) is 5.91 Å². The third kappa shape index (κ3) is 5.53. The zero-order valence-corrected chi connectivity index (χ0v) is 19.4. The number of furan rings is 1. The van der Waals surface area contributed by atoms with E-state index in [2.05, 4.69) is 4.90 Å². The molecule has 1 fully saturated rings. The van der Waals surface area contributed by atoms with Gasteiger partial charge in [-0.3, -0.25) is 9.00 Å². The number of amides is 1. The van der Waals surface area contributed by atoms with E-state index in [0.717, 1.165) is 30.1 Å². The molecule has 32 heavy (non-hydrogen) atoms. The van der Waals surface area contributed by atoms with Crippen molar-refractivity contribution in [1.29, 1.82) is 0 Å². The molecule has 0 aliphatic carbocycles. The lowest BCUT2D eigenvalue weighted by Gasteiger charge is -2.35. The van der Waals surface area contributed by atoms with Gasteiger partial charge in [0.15, 0.2) is 5.76 Å². The van der Waals surface area contributed by atoms with Crippen molar-refractivity contribution in [2.24, 2.45) is 0 Å². The fourth-order valence-electron chi connectivity index (χ4n) is 3.72. The lowest BCUT2D eigenvalue weighted by Crippen LogP contribution is -2.48. The highest BCUT2D eigenvalue weighted by Crippen LogP contribution is 2.23. The number of methoxy groups -OCH3 is 1. The lowest BCUT2D eigenvalue weighted by molar-refractivity contribution is 0.0713. The molecule has 4 rings (SSSR count). The number of ether oxygens (including phenoxy) is 1. The van der Waals surface area contributed by atoms with Crippen molar-refractivity contribution < 1.29 is 18.2 Å². The van der Waals surface area contributed by atoms with Crippen molar-refractivity contribution >= 4 is 34.0 Å². The molecule has 1 atom stereocenters. The average Bonchev–Trinajstić information content (AvgIpc) is 3.27. The molecular weight excluding hydrogens is 448 g/mol. The van der Waals surface area contributed by atoms with E-state index in [1.165, 1.54) is 0 Å². The molecular formula is C24H25ClN2O4S. The molecule has 0 radical (unpaired) electrons. The Hall–Kier alpha value is -2.77. The molecule has 0 saturated carbocycles. The number of carbonyl (C=O) groups excluding carboxylic acids is 1. The van der Waals surface area contributed by atoms with Crippen LogP contribution in [0.25, 0.3) is 0 Å². The highest BCUT2D eigenvalue weighted by atomic mass is 35.5. The van der Waals surface area contributed by atoms with Crippen LogP contribution in [0.4, 0.5) is 5.69 Å². The molecule has 0 N–H and O–H groups in total. The first kappa shape index (κ1) is 22.4. The summed E-state index contributed by atoms with van der Waals surface area (Å²) in [4.78, 5) is 16.9. The number of halogens is 1. The zero-order valence-electron chi connectivity index (χ0n) is 17.8. The van der Waals surface area contributed by atoms with E-state index >= 15 is 0 Å². The highest BCUT2D eigenvalue weighted by molar-refractivity contribution is 7.83. The largest absolute Gasteiger partial charge is 0.497 e. The number of nitrogens with zero attached hydrogens (tertiary/aromatic N) is 2. The molecule has 1 amide bonds. The average molecular weight is 473 g/mol. The van der Waals surface area contributed by atoms with E-state index in [0.29, 0.717) is 29.6 Å². The fraction of sp³-hybridized carbons (Fsp3) is 0.292. The first-order chi connectivity index (χ1) is 15.5. The summed E-state index contributed by atoms with van der Waals surface area (Å²) in [6.07, 6.45) is 0. The topological polar surface area (TPSA) is 63.0 Å². The predicted molar refractivity (Wildman–Crippen MR) is 127 cm³/mol. The van der Waals surface area contributed by atoms with Crippen molar-refractivity contribution in [2.75, 3.05) is 38.2 Å². The molecule has 1 aliphatic rings. The smallest absolute Gasteiger partial charge is 0.289 e. The van der Waals surface area contributed by atoms with Gasteiger partial charge in [0, 0.05) is 59.5 Å². The summed E-state index contributed by atoms with van der Waals surface area (Å²) in [6.45, 7) is 2.67. The van der Waals surface area contributed by atoms with Gasteiger partial charge < -0.3 is 19.0 Å². The van der Waals surface area contributed by atoms with Crippen molar-refractivity contribution in [3.63, 3.8) is 0 Å². The molecule has 8 heteroatoms. The van der Waals surface area contributed by atoms with Crippen LogP contribution in [0.3, 0.4) is 0 Å². The van der Waals surface area contributed by atoms with Gasteiger partial charge in [-0.1, -0.05) is 29.8 Å². The number of hydrogen-bond acceptors (Lipinski definition) is 5. The third-order valence-corrected chi connectivity index (χ3v) is 6.87. The normalized spacial score (nSPS) is 14.9. The van der Waals surface area contributed by atoms with Crippen LogP contribution in [-0.2, 0) is 22.3 Å². The maximum absolute atomic E-state index is 12.9. The van der Waals surface area contributed by atoms with Gasteiger partial charge in [0.05, 0.1) is 12.9 Å². The minimum absolute atomic E-state index is 0.137. The summed E-state index contributed by atoms with van der Waals surface area (Å²) < 4.78 is 23.5. The van der Waals surface area contributed by atoms with Gasteiger partial charge in [-0.15, -0.1) is 0 Å². The van der Waals surface area contributed by atoms with Crippen LogP contribution < -0.4 is 9.64 Å². The Morgan fingerprint density at radius 3 is 2.56 bits per heavy atom. The second-order valence-electron chi connectivity index (χ2n) is 7.61. The van der Waals surface area contributed by atoms with Gasteiger partial charge in [-0.25, -0.2) is 0 Å². The van der Waals surface area contributed by atoms with Crippen LogP contribution in [0.5, 0.6) is 5.75 Å².